The van der Waals surface area contributed by atoms with Crippen LogP contribution in [0.5, 0.6) is 0 Å². The zero-order valence-corrected chi connectivity index (χ0v) is 10.1. The summed E-state index contributed by atoms with van der Waals surface area (Å²) in [6.45, 7) is 2.22. The highest BCUT2D eigenvalue weighted by molar-refractivity contribution is 5.55. The molecule has 0 radical (unpaired) electrons. The quantitative estimate of drug-likeness (QED) is 0.827. The van der Waals surface area contributed by atoms with Gasteiger partial charge in [-0.2, -0.15) is 5.10 Å². The first kappa shape index (κ1) is 10.6. The smallest absolute Gasteiger partial charge is 0.0844 e. The lowest BCUT2D eigenvalue weighted by atomic mass is 9.94. The lowest BCUT2D eigenvalue weighted by molar-refractivity contribution is 0.450. The van der Waals surface area contributed by atoms with E-state index >= 15 is 0 Å². The summed E-state index contributed by atoms with van der Waals surface area (Å²) < 4.78 is 1.98. The van der Waals surface area contributed by atoms with Crippen LogP contribution in [0.15, 0.2) is 24.4 Å². The van der Waals surface area contributed by atoms with Gasteiger partial charge in [-0.05, 0) is 44.1 Å². The fourth-order valence-corrected chi connectivity index (χ4v) is 2.55. The molecule has 90 valence electrons. The van der Waals surface area contributed by atoms with Gasteiger partial charge in [0.25, 0.3) is 0 Å². The summed E-state index contributed by atoms with van der Waals surface area (Å²) in [5.74, 6) is 0.617. The van der Waals surface area contributed by atoms with Crippen molar-refractivity contribution in [3.63, 3.8) is 0 Å². The Morgan fingerprint density at radius 1 is 1.35 bits per heavy atom. The Labute approximate surface area is 101 Å². The van der Waals surface area contributed by atoms with Crippen LogP contribution >= 0.6 is 0 Å². The van der Waals surface area contributed by atoms with Crippen molar-refractivity contribution in [2.75, 3.05) is 13.1 Å². The van der Waals surface area contributed by atoms with Crippen LogP contribution in [0.25, 0.3) is 11.4 Å². The number of nitrogens with one attached hydrogen (secondary N) is 2. The maximum Gasteiger partial charge on any atom is 0.0844 e. The van der Waals surface area contributed by atoms with Crippen LogP contribution < -0.4 is 5.32 Å². The lowest BCUT2D eigenvalue weighted by Crippen LogP contribution is -2.26. The Balaban J connectivity index is 1.90. The van der Waals surface area contributed by atoms with Crippen LogP contribution in [-0.4, -0.2) is 27.9 Å². The summed E-state index contributed by atoms with van der Waals surface area (Å²) in [5, 5.41) is 8.05. The molecule has 0 saturated carbocycles. The number of aryl methyl sites for hydroxylation is 1. The molecule has 2 N–H and O–H groups in total. The van der Waals surface area contributed by atoms with E-state index < -0.39 is 0 Å². The zero-order chi connectivity index (χ0) is 11.7. The topological polar surface area (TPSA) is 45.6 Å². The number of hydrogen-bond acceptors (Lipinski definition) is 2. The zero-order valence-electron chi connectivity index (χ0n) is 10.1. The normalized spacial score (nSPS) is 17.5. The van der Waals surface area contributed by atoms with E-state index in [-0.39, 0.29) is 0 Å². The Bertz CT molecular complexity index is 477. The Kier molecular flexibility index (Phi) is 2.73. The highest BCUT2D eigenvalue weighted by atomic mass is 15.3. The highest BCUT2D eigenvalue weighted by Gasteiger charge is 2.19. The molecule has 0 amide bonds. The van der Waals surface area contributed by atoms with Gasteiger partial charge in [0.1, 0.15) is 0 Å². The van der Waals surface area contributed by atoms with Crippen molar-refractivity contribution in [2.45, 2.75) is 18.8 Å². The number of piperidine rings is 1. The Hall–Kier alpha value is -1.55. The largest absolute Gasteiger partial charge is 0.360 e. The second-order valence-electron chi connectivity index (χ2n) is 4.69. The number of H-pyrrole nitrogens is 1. The van der Waals surface area contributed by atoms with E-state index in [0.29, 0.717) is 5.92 Å². The maximum atomic E-state index is 4.66. The summed E-state index contributed by atoms with van der Waals surface area (Å²) >= 11 is 0. The molecule has 1 fully saturated rings. The van der Waals surface area contributed by atoms with Gasteiger partial charge in [-0.1, -0.05) is 0 Å². The molecule has 1 aliphatic heterocycles. The number of aromatic amines is 1. The van der Waals surface area contributed by atoms with Gasteiger partial charge in [-0.3, -0.25) is 4.68 Å². The van der Waals surface area contributed by atoms with Crippen LogP contribution in [0, 0.1) is 0 Å². The summed E-state index contributed by atoms with van der Waals surface area (Å²) in [5.41, 5.74) is 3.54. The molecular formula is C13H18N4. The van der Waals surface area contributed by atoms with E-state index in [4.69, 9.17) is 0 Å². The molecule has 0 spiro atoms. The first-order valence-corrected chi connectivity index (χ1v) is 6.23. The second kappa shape index (κ2) is 4.37. The minimum atomic E-state index is 0.617. The number of hydrogen-bond donors (Lipinski definition) is 2. The van der Waals surface area contributed by atoms with Crippen LogP contribution in [0.2, 0.25) is 0 Å². The first-order valence-electron chi connectivity index (χ1n) is 6.23. The van der Waals surface area contributed by atoms with Crippen LogP contribution in [-0.2, 0) is 7.05 Å². The summed E-state index contributed by atoms with van der Waals surface area (Å²) in [7, 11) is 2.01. The molecule has 3 rings (SSSR count). The molecule has 0 aliphatic carbocycles. The van der Waals surface area contributed by atoms with Gasteiger partial charge < -0.3 is 10.3 Å². The third-order valence-corrected chi connectivity index (χ3v) is 3.53. The van der Waals surface area contributed by atoms with Crippen LogP contribution in [0.3, 0.4) is 0 Å². The predicted octanol–water partition coefficient (Wildman–Crippen LogP) is 1.88. The van der Waals surface area contributed by atoms with Crippen molar-refractivity contribution >= 4 is 0 Å². The van der Waals surface area contributed by atoms with Crippen molar-refractivity contribution in [3.8, 4) is 11.4 Å². The predicted molar refractivity (Wildman–Crippen MR) is 67.8 cm³/mol. The second-order valence-corrected chi connectivity index (χ2v) is 4.69. The van der Waals surface area contributed by atoms with E-state index in [1.165, 1.54) is 24.2 Å². The minimum Gasteiger partial charge on any atom is -0.360 e. The van der Waals surface area contributed by atoms with Gasteiger partial charge >= 0.3 is 0 Å². The highest BCUT2D eigenvalue weighted by Crippen LogP contribution is 2.27. The van der Waals surface area contributed by atoms with Crippen LogP contribution in [0.4, 0.5) is 0 Å². The first-order chi connectivity index (χ1) is 8.34. The number of rotatable bonds is 2. The minimum absolute atomic E-state index is 0.617. The fraction of sp³-hybridized carbons (Fsp3) is 0.462. The van der Waals surface area contributed by atoms with E-state index in [9.17, 15) is 0 Å². The number of nitrogens with zero attached hydrogens (tertiary/aromatic N) is 2. The van der Waals surface area contributed by atoms with E-state index in [0.717, 1.165) is 18.8 Å². The lowest BCUT2D eigenvalue weighted by Gasteiger charge is -2.20. The molecule has 0 unspecified atom stereocenters. The molecule has 1 saturated heterocycles. The SMILES string of the molecule is Cn1nc(C2CCNCC2)cc1-c1ccc[nH]1. The average Bonchev–Trinajstić information content (AvgIpc) is 2.99. The van der Waals surface area contributed by atoms with Crippen LogP contribution in [0.1, 0.15) is 24.5 Å². The molecule has 2 aromatic heterocycles. The maximum absolute atomic E-state index is 4.66. The molecule has 0 aromatic carbocycles. The van der Waals surface area contributed by atoms with Crippen molar-refractivity contribution < 1.29 is 0 Å². The molecular weight excluding hydrogens is 212 g/mol. The van der Waals surface area contributed by atoms with E-state index in [2.05, 4.69) is 27.5 Å². The van der Waals surface area contributed by atoms with E-state index in [1.54, 1.807) is 0 Å². The third-order valence-electron chi connectivity index (χ3n) is 3.53. The van der Waals surface area contributed by atoms with Crippen molar-refractivity contribution in [1.29, 1.82) is 0 Å². The van der Waals surface area contributed by atoms with Gasteiger partial charge in [-0.15, -0.1) is 0 Å². The Morgan fingerprint density at radius 2 is 2.18 bits per heavy atom. The van der Waals surface area contributed by atoms with Gasteiger partial charge in [0.15, 0.2) is 0 Å². The molecule has 0 bridgehead atoms. The summed E-state index contributed by atoms with van der Waals surface area (Å²) in [6, 6.07) is 6.33. The van der Waals surface area contributed by atoms with E-state index in [1.807, 2.05) is 24.0 Å². The average molecular weight is 230 g/mol. The standard InChI is InChI=1S/C13H18N4/c1-17-13(11-3-2-6-15-11)9-12(16-17)10-4-7-14-8-5-10/h2-3,6,9-10,14-15H,4-5,7-8H2,1H3. The van der Waals surface area contributed by atoms with Gasteiger partial charge in [0.05, 0.1) is 17.1 Å². The summed E-state index contributed by atoms with van der Waals surface area (Å²) in [4.78, 5) is 3.24. The monoisotopic (exact) mass is 230 g/mol. The van der Waals surface area contributed by atoms with Gasteiger partial charge in [0, 0.05) is 19.2 Å². The molecule has 3 heterocycles. The molecule has 2 aromatic rings. The third kappa shape index (κ3) is 2.00. The van der Waals surface area contributed by atoms with Gasteiger partial charge in [-0.25, -0.2) is 0 Å². The summed E-state index contributed by atoms with van der Waals surface area (Å²) in [6.07, 6.45) is 4.34. The molecule has 0 atom stereocenters. The molecule has 4 heteroatoms. The molecule has 1 aliphatic rings. The van der Waals surface area contributed by atoms with Crippen molar-refractivity contribution in [2.24, 2.45) is 7.05 Å². The Morgan fingerprint density at radius 3 is 2.88 bits per heavy atom. The van der Waals surface area contributed by atoms with Gasteiger partial charge in [0.2, 0.25) is 0 Å². The fourth-order valence-electron chi connectivity index (χ4n) is 2.55. The van der Waals surface area contributed by atoms with Crippen molar-refractivity contribution in [1.82, 2.24) is 20.1 Å². The molecule has 17 heavy (non-hydrogen) atoms. The molecule has 4 nitrogen and oxygen atoms in total. The van der Waals surface area contributed by atoms with Crippen molar-refractivity contribution in [3.05, 3.63) is 30.1 Å². The number of aromatic nitrogens is 3.